The summed E-state index contributed by atoms with van der Waals surface area (Å²) in [4.78, 5) is 46.6. The molecule has 0 aromatic heterocycles. The van der Waals surface area contributed by atoms with Gasteiger partial charge in [0, 0.05) is 48.9 Å². The van der Waals surface area contributed by atoms with E-state index in [1.165, 1.54) is 0 Å². The van der Waals surface area contributed by atoms with Gasteiger partial charge in [0.2, 0.25) is 20.2 Å². The second kappa shape index (κ2) is 13.3. The number of hydrogen-bond acceptors (Lipinski definition) is 6. The highest BCUT2D eigenvalue weighted by molar-refractivity contribution is 6.72. The van der Waals surface area contributed by atoms with Crippen molar-refractivity contribution in [3.8, 4) is 0 Å². The van der Waals surface area contributed by atoms with Crippen molar-refractivity contribution in [2.75, 3.05) is 42.6 Å². The Kier molecular flexibility index (Phi) is 9.35. The normalized spacial score (nSPS) is 24.2. The Morgan fingerprint density at radius 1 is 1.06 bits per heavy atom. The van der Waals surface area contributed by atoms with E-state index in [4.69, 9.17) is 4.74 Å². The van der Waals surface area contributed by atoms with E-state index in [-0.39, 0.29) is 43.8 Å². The summed E-state index contributed by atoms with van der Waals surface area (Å²) in [5.41, 5.74) is 1.55. The van der Waals surface area contributed by atoms with Crippen LogP contribution in [-0.2, 0) is 37.8 Å². The number of aliphatic hydroxyl groups is 1. The number of aliphatic hydroxyl groups excluding tert-OH is 1. The van der Waals surface area contributed by atoms with E-state index in [9.17, 15) is 19.5 Å². The lowest BCUT2D eigenvalue weighted by molar-refractivity contribution is -0.150. The van der Waals surface area contributed by atoms with Gasteiger partial charge in [0.1, 0.15) is 0 Å². The smallest absolute Gasteiger partial charge is 0.264 e. The minimum absolute atomic E-state index is 0.0721. The lowest BCUT2D eigenvalue weighted by atomic mass is 9.82. The summed E-state index contributed by atoms with van der Waals surface area (Å²) in [6.07, 6.45) is -0.986. The number of nitrogens with zero attached hydrogens (tertiary/aromatic N) is 3. The molecular formula is C36H43FN4O5Si. The summed E-state index contributed by atoms with van der Waals surface area (Å²) >= 11 is 0. The number of fused-ring (bicyclic) bond motifs is 2. The van der Waals surface area contributed by atoms with Crippen LogP contribution in [0.3, 0.4) is 0 Å². The van der Waals surface area contributed by atoms with Crippen molar-refractivity contribution < 1.29 is 28.3 Å². The number of hydrogen-bond donors (Lipinski definition) is 2. The monoisotopic (exact) mass is 658 g/mol. The second-order valence-corrected chi connectivity index (χ2v) is 17.1. The van der Waals surface area contributed by atoms with Gasteiger partial charge in [-0.1, -0.05) is 67.6 Å². The third-order valence-corrected chi connectivity index (χ3v) is 12.3. The van der Waals surface area contributed by atoms with E-state index in [1.807, 2.05) is 85.8 Å². The standard InChI is InChI=1S/C36H43FN4O5Si/c1-25-34(47(2,3)37)31(21-32(43)39(18-19-42)23-26-10-6-4-7-11-26)46-36(25)29-20-28(40-17-16-38-22-33(40)44)14-15-30(29)41(35(36)45)24-27-12-8-5-9-13-27/h4-15,20,25,31,34,38,42H,16-19,21-24H2,1-3H3/t25-,31+,34-,36+/m1/s1. The molecule has 11 heteroatoms. The van der Waals surface area contributed by atoms with Crippen LogP contribution in [0.5, 0.6) is 0 Å². The summed E-state index contributed by atoms with van der Waals surface area (Å²) in [5.74, 6) is -1.22. The summed E-state index contributed by atoms with van der Waals surface area (Å²) < 4.78 is 23.3. The van der Waals surface area contributed by atoms with Crippen LogP contribution < -0.4 is 15.1 Å². The topological polar surface area (TPSA) is 102 Å². The molecule has 0 aliphatic carbocycles. The minimum atomic E-state index is -3.53. The van der Waals surface area contributed by atoms with Crippen LogP contribution in [0.25, 0.3) is 0 Å². The van der Waals surface area contributed by atoms with Gasteiger partial charge in [-0.3, -0.25) is 14.4 Å². The van der Waals surface area contributed by atoms with Crippen LogP contribution in [-0.4, -0.2) is 75.0 Å². The first kappa shape index (κ1) is 33.0. The molecule has 2 N–H and O–H groups in total. The fourth-order valence-electron chi connectivity index (χ4n) is 7.72. The number of amides is 3. The average molecular weight is 659 g/mol. The maximum Gasteiger partial charge on any atom is 0.264 e. The summed E-state index contributed by atoms with van der Waals surface area (Å²) in [6, 6.07) is 24.7. The predicted molar refractivity (Wildman–Crippen MR) is 181 cm³/mol. The van der Waals surface area contributed by atoms with E-state index in [1.54, 1.807) is 27.8 Å². The molecule has 9 nitrogen and oxygen atoms in total. The molecule has 248 valence electrons. The van der Waals surface area contributed by atoms with Crippen molar-refractivity contribution in [3.63, 3.8) is 0 Å². The van der Waals surface area contributed by atoms with Crippen molar-refractivity contribution in [2.24, 2.45) is 5.92 Å². The van der Waals surface area contributed by atoms with E-state index in [0.717, 1.165) is 11.1 Å². The van der Waals surface area contributed by atoms with Gasteiger partial charge in [-0.25, -0.2) is 0 Å². The van der Waals surface area contributed by atoms with E-state index in [2.05, 4.69) is 5.32 Å². The molecule has 3 aromatic rings. The Bertz CT molecular complexity index is 1620. The number of halogens is 1. The molecule has 4 atom stereocenters. The Morgan fingerprint density at radius 2 is 1.74 bits per heavy atom. The SMILES string of the molecule is C[C@@H]1[C@@H]([Si](C)(C)F)[C@H](CC(=O)N(CCO)Cc2ccccc2)O[C@@]12C(=O)N(Cc1ccccc1)c1ccc(N3CCNCC3=O)cc12. The zero-order chi connectivity index (χ0) is 33.3. The number of rotatable bonds is 10. The molecule has 3 aliphatic heterocycles. The lowest BCUT2D eigenvalue weighted by Gasteiger charge is -2.32. The van der Waals surface area contributed by atoms with Crippen LogP contribution >= 0.6 is 0 Å². The third kappa shape index (κ3) is 6.25. The number of carbonyl (C=O) groups excluding carboxylic acids is 3. The Morgan fingerprint density at radius 3 is 2.38 bits per heavy atom. The van der Waals surface area contributed by atoms with Crippen LogP contribution in [0.1, 0.15) is 30.0 Å². The molecule has 3 aromatic carbocycles. The molecule has 3 aliphatic rings. The first-order chi connectivity index (χ1) is 22.5. The van der Waals surface area contributed by atoms with Crippen molar-refractivity contribution >= 4 is 37.5 Å². The van der Waals surface area contributed by atoms with Crippen LogP contribution in [0.2, 0.25) is 18.6 Å². The molecule has 3 amide bonds. The third-order valence-electron chi connectivity index (χ3n) is 9.84. The average Bonchev–Trinajstić information content (AvgIpc) is 3.48. The first-order valence-corrected chi connectivity index (χ1v) is 19.3. The van der Waals surface area contributed by atoms with Crippen molar-refractivity contribution in [2.45, 2.75) is 56.8 Å². The molecule has 47 heavy (non-hydrogen) atoms. The molecule has 0 unspecified atom stereocenters. The molecule has 0 radical (unpaired) electrons. The molecule has 0 bridgehead atoms. The van der Waals surface area contributed by atoms with Gasteiger partial charge in [0.15, 0.2) is 5.60 Å². The van der Waals surface area contributed by atoms with E-state index in [0.29, 0.717) is 43.1 Å². The maximum atomic E-state index is 16.5. The number of piperazine rings is 1. The lowest BCUT2D eigenvalue weighted by Crippen LogP contribution is -2.48. The molecule has 0 saturated carbocycles. The van der Waals surface area contributed by atoms with E-state index < -0.39 is 31.6 Å². The van der Waals surface area contributed by atoms with Crippen LogP contribution in [0, 0.1) is 5.92 Å². The van der Waals surface area contributed by atoms with Gasteiger partial charge in [-0.2, -0.15) is 0 Å². The highest BCUT2D eigenvalue weighted by atomic mass is 28.4. The van der Waals surface area contributed by atoms with Crippen molar-refractivity contribution in [3.05, 3.63) is 95.6 Å². The Hall–Kier alpha value is -3.90. The largest absolute Gasteiger partial charge is 0.395 e. The number of ether oxygens (including phenoxy) is 1. The number of carbonyl (C=O) groups is 3. The van der Waals surface area contributed by atoms with Gasteiger partial charge >= 0.3 is 0 Å². The summed E-state index contributed by atoms with van der Waals surface area (Å²) in [7, 11) is -3.53. The Labute approximate surface area is 276 Å². The van der Waals surface area contributed by atoms with Crippen LogP contribution in [0.15, 0.2) is 78.9 Å². The molecule has 3 heterocycles. The van der Waals surface area contributed by atoms with Gasteiger partial charge < -0.3 is 34.0 Å². The minimum Gasteiger partial charge on any atom is -0.395 e. The highest BCUT2D eigenvalue weighted by Crippen LogP contribution is 2.60. The number of nitrogens with one attached hydrogen (secondary N) is 1. The fraction of sp³-hybridized carbons (Fsp3) is 0.417. The first-order valence-electron chi connectivity index (χ1n) is 16.4. The highest BCUT2D eigenvalue weighted by Gasteiger charge is 2.67. The zero-order valence-electron chi connectivity index (χ0n) is 27.2. The van der Waals surface area contributed by atoms with Gasteiger partial charge in [0.05, 0.1) is 37.9 Å². The molecule has 2 fully saturated rings. The Balaban J connectivity index is 1.40. The summed E-state index contributed by atoms with van der Waals surface area (Å²) in [6.45, 7) is 6.93. The molecule has 2 saturated heterocycles. The number of anilines is 2. The van der Waals surface area contributed by atoms with Crippen molar-refractivity contribution in [1.82, 2.24) is 10.2 Å². The maximum absolute atomic E-state index is 16.5. The second-order valence-electron chi connectivity index (χ2n) is 13.3. The van der Waals surface area contributed by atoms with Crippen LogP contribution in [0.4, 0.5) is 15.5 Å². The van der Waals surface area contributed by atoms with Gasteiger partial charge in [-0.05, 0) is 42.4 Å². The van der Waals surface area contributed by atoms with Gasteiger partial charge in [-0.15, -0.1) is 0 Å². The fourth-order valence-corrected chi connectivity index (χ4v) is 10.2. The molecular weight excluding hydrogens is 616 g/mol. The molecule has 6 rings (SSSR count). The summed E-state index contributed by atoms with van der Waals surface area (Å²) in [5, 5.41) is 12.9. The zero-order valence-corrected chi connectivity index (χ0v) is 28.2. The quantitative estimate of drug-likeness (QED) is 0.248. The predicted octanol–water partition coefficient (Wildman–Crippen LogP) is 4.36. The molecule has 1 spiro atoms. The van der Waals surface area contributed by atoms with Gasteiger partial charge in [0.25, 0.3) is 5.91 Å². The van der Waals surface area contributed by atoms with E-state index >= 15 is 4.11 Å². The number of benzene rings is 3. The van der Waals surface area contributed by atoms with Crippen molar-refractivity contribution in [1.29, 1.82) is 0 Å².